The predicted octanol–water partition coefficient (Wildman–Crippen LogP) is 13.1. The smallest absolute Gasteiger partial charge is 0.00928 e. The monoisotopic (exact) mass is 572 g/mol. The maximum atomic E-state index is 2.41. The van der Waals surface area contributed by atoms with Crippen LogP contribution in [0.1, 0.15) is 25.3 Å². The van der Waals surface area contributed by atoms with Crippen molar-refractivity contribution in [3.63, 3.8) is 0 Å². The van der Waals surface area contributed by atoms with Crippen LogP contribution in [0.15, 0.2) is 152 Å². The lowest BCUT2D eigenvalue weighted by molar-refractivity contribution is 0.867. The topological polar surface area (TPSA) is 0 Å². The Morgan fingerprint density at radius 3 is 0.867 bits per heavy atom. The van der Waals surface area contributed by atoms with E-state index in [4.69, 9.17) is 0 Å². The van der Waals surface area contributed by atoms with Crippen molar-refractivity contribution < 1.29 is 0 Å². The van der Waals surface area contributed by atoms with Crippen molar-refractivity contribution in [2.24, 2.45) is 0 Å². The fourth-order valence-electron chi connectivity index (χ4n) is 7.49. The first-order valence-electron chi connectivity index (χ1n) is 16.0. The fraction of sp³-hybridized carbons (Fsp3) is 0.0667. The second-order valence-electron chi connectivity index (χ2n) is 12.7. The number of benzene rings is 9. The van der Waals surface area contributed by atoms with Gasteiger partial charge in [0.05, 0.1) is 0 Å². The van der Waals surface area contributed by atoms with E-state index in [0.717, 1.165) is 0 Å². The minimum absolute atomic E-state index is 0.416. The molecule has 0 saturated carbocycles. The lowest BCUT2D eigenvalue weighted by Crippen LogP contribution is -1.92. The summed E-state index contributed by atoms with van der Waals surface area (Å²) in [4.78, 5) is 0. The molecule has 0 amide bonds. The molecule has 0 aliphatic carbocycles. The highest BCUT2D eigenvalue weighted by molar-refractivity contribution is 6.27. The Bertz CT molecular complexity index is 2370. The summed E-state index contributed by atoms with van der Waals surface area (Å²) in [5, 5.41) is 15.7. The number of hydrogen-bond acceptors (Lipinski definition) is 0. The summed E-state index contributed by atoms with van der Waals surface area (Å²) in [6, 6.07) is 56.6. The van der Waals surface area contributed by atoms with Gasteiger partial charge in [-0.15, -0.1) is 0 Å². The SMILES string of the molecule is CC(C)c1cc(-c2ccc3c4ccccc4c4ccccc4c3c2)cc(-c2ccc3c4ccccc4c4ccccc4c3c2)c1. The van der Waals surface area contributed by atoms with Gasteiger partial charge in [0.15, 0.2) is 0 Å². The summed E-state index contributed by atoms with van der Waals surface area (Å²) in [7, 11) is 0. The molecule has 0 unspecified atom stereocenters. The third kappa shape index (κ3) is 4.06. The molecule has 0 bridgehead atoms. The molecule has 0 radical (unpaired) electrons. The van der Waals surface area contributed by atoms with E-state index >= 15 is 0 Å². The zero-order valence-corrected chi connectivity index (χ0v) is 25.5. The molecule has 0 aliphatic heterocycles. The van der Waals surface area contributed by atoms with Gasteiger partial charge < -0.3 is 0 Å². The van der Waals surface area contributed by atoms with Gasteiger partial charge in [-0.05, 0) is 117 Å². The highest BCUT2D eigenvalue weighted by Crippen LogP contribution is 2.40. The maximum absolute atomic E-state index is 2.41. The number of hydrogen-bond donors (Lipinski definition) is 0. The van der Waals surface area contributed by atoms with Crippen LogP contribution in [-0.4, -0.2) is 0 Å². The Kier molecular flexibility index (Phi) is 5.80. The van der Waals surface area contributed by atoms with E-state index in [1.165, 1.54) is 92.5 Å². The van der Waals surface area contributed by atoms with E-state index in [-0.39, 0.29) is 0 Å². The molecule has 0 heterocycles. The summed E-state index contributed by atoms with van der Waals surface area (Å²) in [6.45, 7) is 4.59. The van der Waals surface area contributed by atoms with Gasteiger partial charge in [-0.3, -0.25) is 0 Å². The summed E-state index contributed by atoms with van der Waals surface area (Å²) >= 11 is 0. The van der Waals surface area contributed by atoms with Crippen LogP contribution >= 0.6 is 0 Å². The van der Waals surface area contributed by atoms with Crippen molar-refractivity contribution in [2.75, 3.05) is 0 Å². The minimum atomic E-state index is 0.416. The summed E-state index contributed by atoms with van der Waals surface area (Å²) < 4.78 is 0. The van der Waals surface area contributed by atoms with Crippen molar-refractivity contribution in [1.82, 2.24) is 0 Å². The summed E-state index contributed by atoms with van der Waals surface area (Å²) in [5.74, 6) is 0.416. The molecule has 0 nitrogen and oxygen atoms in total. The van der Waals surface area contributed by atoms with E-state index in [2.05, 4.69) is 166 Å². The average Bonchev–Trinajstić information content (AvgIpc) is 3.11. The molecule has 0 N–H and O–H groups in total. The normalized spacial score (nSPS) is 12.0. The third-order valence-corrected chi connectivity index (χ3v) is 9.78. The van der Waals surface area contributed by atoms with Crippen molar-refractivity contribution >= 4 is 64.6 Å². The van der Waals surface area contributed by atoms with Gasteiger partial charge in [-0.25, -0.2) is 0 Å². The second-order valence-corrected chi connectivity index (χ2v) is 12.7. The van der Waals surface area contributed by atoms with E-state index < -0.39 is 0 Å². The van der Waals surface area contributed by atoms with Gasteiger partial charge >= 0.3 is 0 Å². The minimum Gasteiger partial charge on any atom is -0.0616 e. The van der Waals surface area contributed by atoms with Crippen molar-refractivity contribution in [3.05, 3.63) is 157 Å². The molecule has 0 fully saturated rings. The van der Waals surface area contributed by atoms with Gasteiger partial charge in [-0.1, -0.05) is 147 Å². The molecule has 0 atom stereocenters. The van der Waals surface area contributed by atoms with Gasteiger partial charge in [0.25, 0.3) is 0 Å². The van der Waals surface area contributed by atoms with Gasteiger partial charge in [-0.2, -0.15) is 0 Å². The molecular weight excluding hydrogens is 540 g/mol. The summed E-state index contributed by atoms with van der Waals surface area (Å²) in [5.41, 5.74) is 6.39. The standard InChI is InChI=1S/C45H32/c1-28(2)31-23-32(29-19-21-42-38-15-5-3-11-34(38)36-13-7-9-17-40(36)44(42)26-29)25-33(24-31)30-20-22-43-39-16-6-4-12-35(39)37-14-8-10-18-41(37)45(43)27-30/h3-28H,1-2H3. The molecular formula is C45H32. The van der Waals surface area contributed by atoms with Crippen molar-refractivity contribution in [3.8, 4) is 22.3 Å². The number of fused-ring (bicyclic) bond motifs is 12. The van der Waals surface area contributed by atoms with Crippen LogP contribution in [0.2, 0.25) is 0 Å². The average molecular weight is 573 g/mol. The van der Waals surface area contributed by atoms with Crippen LogP contribution in [0.3, 0.4) is 0 Å². The molecule has 212 valence electrons. The molecule has 0 spiro atoms. The van der Waals surface area contributed by atoms with Crippen LogP contribution in [0.5, 0.6) is 0 Å². The predicted molar refractivity (Wildman–Crippen MR) is 196 cm³/mol. The Morgan fingerprint density at radius 1 is 0.267 bits per heavy atom. The molecule has 9 aromatic carbocycles. The first-order valence-corrected chi connectivity index (χ1v) is 16.0. The molecule has 0 aliphatic rings. The lowest BCUT2D eigenvalue weighted by atomic mass is 9.88. The molecule has 45 heavy (non-hydrogen) atoms. The first kappa shape index (κ1) is 26.0. The number of rotatable bonds is 3. The van der Waals surface area contributed by atoms with Crippen LogP contribution in [-0.2, 0) is 0 Å². The van der Waals surface area contributed by atoms with Gasteiger partial charge in [0.2, 0.25) is 0 Å². The van der Waals surface area contributed by atoms with Crippen LogP contribution in [0, 0.1) is 0 Å². The zero-order valence-electron chi connectivity index (χ0n) is 25.5. The molecule has 9 rings (SSSR count). The van der Waals surface area contributed by atoms with Crippen LogP contribution in [0.4, 0.5) is 0 Å². The van der Waals surface area contributed by atoms with E-state index in [1.54, 1.807) is 0 Å². The van der Waals surface area contributed by atoms with Crippen molar-refractivity contribution in [2.45, 2.75) is 19.8 Å². The Labute approximate surface area is 263 Å². The molecule has 0 heteroatoms. The van der Waals surface area contributed by atoms with Crippen LogP contribution in [0.25, 0.3) is 86.9 Å². The quantitative estimate of drug-likeness (QED) is 0.185. The van der Waals surface area contributed by atoms with Crippen molar-refractivity contribution in [1.29, 1.82) is 0 Å². The fourth-order valence-corrected chi connectivity index (χ4v) is 7.49. The summed E-state index contributed by atoms with van der Waals surface area (Å²) in [6.07, 6.45) is 0. The highest BCUT2D eigenvalue weighted by Gasteiger charge is 2.14. The Hall–Kier alpha value is -5.46. The molecule has 0 aromatic heterocycles. The Balaban J connectivity index is 1.28. The Morgan fingerprint density at radius 2 is 0.556 bits per heavy atom. The second kappa shape index (κ2) is 10.0. The zero-order chi connectivity index (χ0) is 30.1. The van der Waals surface area contributed by atoms with E-state index in [0.29, 0.717) is 5.92 Å². The van der Waals surface area contributed by atoms with Gasteiger partial charge in [0, 0.05) is 0 Å². The molecule has 9 aromatic rings. The highest BCUT2D eigenvalue weighted by atomic mass is 14.2. The van der Waals surface area contributed by atoms with E-state index in [1.807, 2.05) is 0 Å². The maximum Gasteiger partial charge on any atom is -0.00928 e. The lowest BCUT2D eigenvalue weighted by Gasteiger charge is -2.16. The van der Waals surface area contributed by atoms with Gasteiger partial charge in [0.1, 0.15) is 0 Å². The van der Waals surface area contributed by atoms with E-state index in [9.17, 15) is 0 Å². The van der Waals surface area contributed by atoms with Crippen LogP contribution < -0.4 is 0 Å². The third-order valence-electron chi connectivity index (χ3n) is 9.78. The first-order chi connectivity index (χ1) is 22.1. The largest absolute Gasteiger partial charge is 0.0616 e. The molecule has 0 saturated heterocycles.